The fourth-order valence-corrected chi connectivity index (χ4v) is 2.56. The van der Waals surface area contributed by atoms with Crippen LogP contribution < -0.4 is 4.90 Å². The Balaban J connectivity index is 2.05. The molecule has 0 radical (unpaired) electrons. The molecule has 6 nitrogen and oxygen atoms in total. The number of rotatable bonds is 5. The monoisotopic (exact) mass is 333 g/mol. The summed E-state index contributed by atoms with van der Waals surface area (Å²) in [5.41, 5.74) is 0.933. The second-order valence-corrected chi connectivity index (χ2v) is 5.46. The maximum Gasteiger partial charge on any atom is 0.254 e. The molecule has 1 unspecified atom stereocenters. The standard InChI is InChI=1S/C16H17F2N5O/c1-10(13-6-11(17)4-5-14(13)18)22(2)15-7-12(8-24-3)21-16-19-9-20-23(15)16/h4-7,9-10H,8H2,1-3H3. The maximum absolute atomic E-state index is 14.1. The third kappa shape index (κ3) is 2.92. The molecule has 24 heavy (non-hydrogen) atoms. The highest BCUT2D eigenvalue weighted by atomic mass is 19.1. The van der Waals surface area contributed by atoms with Gasteiger partial charge in [-0.1, -0.05) is 0 Å². The van der Waals surface area contributed by atoms with Crippen LogP contribution in [-0.2, 0) is 11.3 Å². The number of ether oxygens (including phenoxy) is 1. The first-order chi connectivity index (χ1) is 11.5. The lowest BCUT2D eigenvalue weighted by molar-refractivity contribution is 0.181. The van der Waals surface area contributed by atoms with Crippen molar-refractivity contribution >= 4 is 11.6 Å². The highest BCUT2D eigenvalue weighted by molar-refractivity contribution is 5.48. The molecule has 1 atom stereocenters. The van der Waals surface area contributed by atoms with Gasteiger partial charge in [-0.2, -0.15) is 14.6 Å². The zero-order valence-electron chi connectivity index (χ0n) is 13.6. The SMILES string of the molecule is COCc1cc(N(C)C(C)c2cc(F)ccc2F)n2ncnc2n1. The summed E-state index contributed by atoms with van der Waals surface area (Å²) in [5, 5.41) is 4.15. The second kappa shape index (κ2) is 6.48. The van der Waals surface area contributed by atoms with Gasteiger partial charge in [0.05, 0.1) is 18.3 Å². The third-order valence-corrected chi connectivity index (χ3v) is 3.93. The summed E-state index contributed by atoms with van der Waals surface area (Å²) < 4.78 is 34.3. The van der Waals surface area contributed by atoms with E-state index in [0.717, 1.165) is 12.1 Å². The smallest absolute Gasteiger partial charge is 0.254 e. The van der Waals surface area contributed by atoms with Crippen LogP contribution in [0.4, 0.5) is 14.6 Å². The van der Waals surface area contributed by atoms with Crippen molar-refractivity contribution in [2.24, 2.45) is 0 Å². The lowest BCUT2D eigenvalue weighted by Gasteiger charge is -2.28. The Morgan fingerprint density at radius 2 is 2.08 bits per heavy atom. The van der Waals surface area contributed by atoms with E-state index in [9.17, 15) is 8.78 Å². The van der Waals surface area contributed by atoms with Gasteiger partial charge in [0.25, 0.3) is 5.78 Å². The van der Waals surface area contributed by atoms with Gasteiger partial charge in [-0.05, 0) is 25.1 Å². The average molecular weight is 333 g/mol. The fourth-order valence-electron chi connectivity index (χ4n) is 2.56. The largest absolute Gasteiger partial charge is 0.378 e. The predicted molar refractivity (Wildman–Crippen MR) is 84.7 cm³/mol. The average Bonchev–Trinajstić information content (AvgIpc) is 3.04. The van der Waals surface area contributed by atoms with Gasteiger partial charge in [0.1, 0.15) is 23.8 Å². The van der Waals surface area contributed by atoms with Crippen molar-refractivity contribution < 1.29 is 13.5 Å². The summed E-state index contributed by atoms with van der Waals surface area (Å²) in [7, 11) is 3.35. The van der Waals surface area contributed by atoms with Crippen molar-refractivity contribution in [1.82, 2.24) is 19.6 Å². The molecular formula is C16H17F2N5O. The van der Waals surface area contributed by atoms with Crippen molar-refractivity contribution in [2.75, 3.05) is 19.1 Å². The van der Waals surface area contributed by atoms with Gasteiger partial charge in [0.15, 0.2) is 0 Å². The Morgan fingerprint density at radius 3 is 2.83 bits per heavy atom. The molecule has 2 heterocycles. The van der Waals surface area contributed by atoms with Crippen LogP contribution in [0.25, 0.3) is 5.78 Å². The number of methoxy groups -OCH3 is 1. The number of halogens is 2. The highest BCUT2D eigenvalue weighted by Gasteiger charge is 2.20. The summed E-state index contributed by atoms with van der Waals surface area (Å²) in [6.45, 7) is 2.10. The first-order valence-corrected chi connectivity index (χ1v) is 7.37. The Labute approximate surface area is 137 Å². The van der Waals surface area contributed by atoms with Gasteiger partial charge in [0.2, 0.25) is 0 Å². The first kappa shape index (κ1) is 16.3. The number of hydrogen-bond acceptors (Lipinski definition) is 5. The summed E-state index contributed by atoms with van der Waals surface area (Å²) >= 11 is 0. The minimum atomic E-state index is -0.479. The van der Waals surface area contributed by atoms with E-state index in [0.29, 0.717) is 23.9 Å². The highest BCUT2D eigenvalue weighted by Crippen LogP contribution is 2.28. The molecule has 0 aliphatic heterocycles. The predicted octanol–water partition coefficient (Wildman–Crippen LogP) is 2.75. The van der Waals surface area contributed by atoms with E-state index in [4.69, 9.17) is 4.74 Å². The maximum atomic E-state index is 14.1. The molecular weight excluding hydrogens is 316 g/mol. The topological polar surface area (TPSA) is 55.6 Å². The van der Waals surface area contributed by atoms with E-state index in [1.54, 1.807) is 36.6 Å². The van der Waals surface area contributed by atoms with Crippen molar-refractivity contribution in [3.8, 4) is 0 Å². The zero-order chi connectivity index (χ0) is 17.3. The van der Waals surface area contributed by atoms with E-state index in [1.165, 1.54) is 12.4 Å². The fraction of sp³-hybridized carbons (Fsp3) is 0.312. The zero-order valence-corrected chi connectivity index (χ0v) is 13.6. The van der Waals surface area contributed by atoms with E-state index < -0.39 is 17.7 Å². The quantitative estimate of drug-likeness (QED) is 0.719. The van der Waals surface area contributed by atoms with Crippen molar-refractivity contribution in [3.05, 3.63) is 53.5 Å². The molecule has 0 saturated heterocycles. The van der Waals surface area contributed by atoms with Crippen LogP contribution >= 0.6 is 0 Å². The van der Waals surface area contributed by atoms with Crippen molar-refractivity contribution in [3.63, 3.8) is 0 Å². The molecule has 0 saturated carbocycles. The first-order valence-electron chi connectivity index (χ1n) is 7.37. The van der Waals surface area contributed by atoms with E-state index in [-0.39, 0.29) is 5.56 Å². The van der Waals surface area contributed by atoms with Crippen LogP contribution in [0.1, 0.15) is 24.2 Å². The van der Waals surface area contributed by atoms with Gasteiger partial charge in [-0.15, -0.1) is 0 Å². The molecule has 0 fully saturated rings. The van der Waals surface area contributed by atoms with Gasteiger partial charge in [-0.25, -0.2) is 13.8 Å². The molecule has 126 valence electrons. The number of benzene rings is 1. The third-order valence-electron chi connectivity index (χ3n) is 3.93. The van der Waals surface area contributed by atoms with E-state index in [2.05, 4.69) is 15.1 Å². The van der Waals surface area contributed by atoms with E-state index in [1.807, 2.05) is 0 Å². The number of aromatic nitrogens is 4. The van der Waals surface area contributed by atoms with Crippen LogP contribution in [0, 0.1) is 11.6 Å². The van der Waals surface area contributed by atoms with Crippen LogP contribution in [0.2, 0.25) is 0 Å². The molecule has 0 spiro atoms. The molecule has 3 aromatic rings. The minimum Gasteiger partial charge on any atom is -0.378 e. The van der Waals surface area contributed by atoms with Crippen LogP contribution in [0.3, 0.4) is 0 Å². The molecule has 0 aliphatic rings. The minimum absolute atomic E-state index is 0.260. The normalized spacial score (nSPS) is 12.5. The molecule has 0 N–H and O–H groups in total. The molecule has 0 bridgehead atoms. The number of hydrogen-bond donors (Lipinski definition) is 0. The summed E-state index contributed by atoms with van der Waals surface area (Å²) in [6.07, 6.45) is 1.39. The van der Waals surface area contributed by atoms with Crippen LogP contribution in [-0.4, -0.2) is 33.7 Å². The van der Waals surface area contributed by atoms with Crippen molar-refractivity contribution in [2.45, 2.75) is 19.6 Å². The second-order valence-electron chi connectivity index (χ2n) is 5.46. The number of nitrogens with zero attached hydrogens (tertiary/aromatic N) is 5. The summed E-state index contributed by atoms with van der Waals surface area (Å²) in [6, 6.07) is 4.80. The lowest BCUT2D eigenvalue weighted by Crippen LogP contribution is -2.25. The Hall–Kier alpha value is -2.61. The van der Waals surface area contributed by atoms with Crippen LogP contribution in [0.15, 0.2) is 30.6 Å². The molecule has 8 heteroatoms. The van der Waals surface area contributed by atoms with Gasteiger partial charge in [0, 0.05) is 25.8 Å². The van der Waals surface area contributed by atoms with Gasteiger partial charge in [-0.3, -0.25) is 0 Å². The number of fused-ring (bicyclic) bond motifs is 1. The van der Waals surface area contributed by atoms with Gasteiger partial charge < -0.3 is 9.64 Å². The number of anilines is 1. The Morgan fingerprint density at radius 1 is 1.29 bits per heavy atom. The van der Waals surface area contributed by atoms with Crippen LogP contribution in [0.5, 0.6) is 0 Å². The summed E-state index contributed by atoms with van der Waals surface area (Å²) in [5.74, 6) is 0.128. The summed E-state index contributed by atoms with van der Waals surface area (Å²) in [4.78, 5) is 10.2. The molecule has 0 aliphatic carbocycles. The van der Waals surface area contributed by atoms with Crippen molar-refractivity contribution in [1.29, 1.82) is 0 Å². The molecule has 1 aromatic carbocycles. The molecule has 2 aromatic heterocycles. The molecule has 3 rings (SSSR count). The molecule has 0 amide bonds. The van der Waals surface area contributed by atoms with E-state index >= 15 is 0 Å². The Bertz CT molecular complexity index is 867. The van der Waals surface area contributed by atoms with Gasteiger partial charge >= 0.3 is 0 Å². The Kier molecular flexibility index (Phi) is 4.39. The lowest BCUT2D eigenvalue weighted by atomic mass is 10.1.